The summed E-state index contributed by atoms with van der Waals surface area (Å²) in [7, 11) is 0. The number of ether oxygens (including phenoxy) is 1. The van der Waals surface area contributed by atoms with Gasteiger partial charge >= 0.3 is 5.97 Å². The Morgan fingerprint density at radius 3 is 3.07 bits per heavy atom. The van der Waals surface area contributed by atoms with E-state index in [0.717, 1.165) is 11.3 Å². The standard InChI is InChI=1S/C9H10N2O3S/c1-2-14-8(13)4-3-5-7(6(4)12)15-9(10)11-5/h4H,2-3H2,1H3,(H2,10,11). The molecule has 15 heavy (non-hydrogen) atoms. The molecule has 1 aromatic rings. The molecule has 0 radical (unpaired) electrons. The van der Waals surface area contributed by atoms with Gasteiger partial charge in [0.2, 0.25) is 0 Å². The Hall–Kier alpha value is -1.43. The summed E-state index contributed by atoms with van der Waals surface area (Å²) in [6.45, 7) is 2.00. The number of carbonyl (C=O) groups excluding carboxylic acids is 2. The normalized spacial score (nSPS) is 19.0. The molecule has 2 N–H and O–H groups in total. The van der Waals surface area contributed by atoms with E-state index in [1.165, 1.54) is 0 Å². The van der Waals surface area contributed by atoms with Gasteiger partial charge in [-0.15, -0.1) is 0 Å². The summed E-state index contributed by atoms with van der Waals surface area (Å²) in [6.07, 6.45) is 0.320. The second-order valence-electron chi connectivity index (χ2n) is 3.20. The molecule has 0 spiro atoms. The Labute approximate surface area is 90.3 Å². The third kappa shape index (κ3) is 1.61. The van der Waals surface area contributed by atoms with Gasteiger partial charge in [-0.3, -0.25) is 9.59 Å². The molecule has 1 atom stereocenters. The van der Waals surface area contributed by atoms with E-state index in [1.807, 2.05) is 0 Å². The van der Waals surface area contributed by atoms with Crippen molar-refractivity contribution in [3.63, 3.8) is 0 Å². The van der Waals surface area contributed by atoms with Gasteiger partial charge < -0.3 is 10.5 Å². The van der Waals surface area contributed by atoms with Gasteiger partial charge in [-0.1, -0.05) is 11.3 Å². The van der Waals surface area contributed by atoms with Gasteiger partial charge in [0.1, 0.15) is 5.92 Å². The van der Waals surface area contributed by atoms with E-state index in [2.05, 4.69) is 4.98 Å². The van der Waals surface area contributed by atoms with Crippen LogP contribution >= 0.6 is 11.3 Å². The highest BCUT2D eigenvalue weighted by molar-refractivity contribution is 7.17. The highest BCUT2D eigenvalue weighted by Gasteiger charge is 2.39. The van der Waals surface area contributed by atoms with Crippen LogP contribution in [0.5, 0.6) is 0 Å². The van der Waals surface area contributed by atoms with Gasteiger partial charge in [0.05, 0.1) is 17.2 Å². The van der Waals surface area contributed by atoms with Crippen LogP contribution in [0.25, 0.3) is 0 Å². The number of aromatic nitrogens is 1. The predicted octanol–water partition coefficient (Wildman–Crippen LogP) is 0.643. The number of esters is 1. The molecule has 0 aromatic carbocycles. The van der Waals surface area contributed by atoms with Crippen LogP contribution in [0.15, 0.2) is 0 Å². The first-order valence-electron chi connectivity index (χ1n) is 4.59. The Morgan fingerprint density at radius 1 is 1.73 bits per heavy atom. The molecule has 1 aromatic heterocycles. The van der Waals surface area contributed by atoms with Gasteiger partial charge in [0.25, 0.3) is 0 Å². The van der Waals surface area contributed by atoms with E-state index in [9.17, 15) is 9.59 Å². The number of thiazole rings is 1. The largest absolute Gasteiger partial charge is 0.465 e. The van der Waals surface area contributed by atoms with Crippen molar-refractivity contribution in [2.75, 3.05) is 12.3 Å². The fraction of sp³-hybridized carbons (Fsp3) is 0.444. The molecule has 5 nitrogen and oxygen atoms in total. The minimum absolute atomic E-state index is 0.211. The summed E-state index contributed by atoms with van der Waals surface area (Å²) in [6, 6.07) is 0. The number of anilines is 1. The van der Waals surface area contributed by atoms with Crippen molar-refractivity contribution in [1.82, 2.24) is 4.98 Å². The summed E-state index contributed by atoms with van der Waals surface area (Å²) < 4.78 is 4.81. The number of nitrogens with zero attached hydrogens (tertiary/aromatic N) is 1. The first-order valence-corrected chi connectivity index (χ1v) is 5.41. The number of nitrogen functional groups attached to an aromatic ring is 1. The lowest BCUT2D eigenvalue weighted by molar-refractivity contribution is -0.145. The molecule has 1 heterocycles. The van der Waals surface area contributed by atoms with Crippen LogP contribution in [0.2, 0.25) is 0 Å². The summed E-state index contributed by atoms with van der Waals surface area (Å²) >= 11 is 1.13. The quantitative estimate of drug-likeness (QED) is 0.591. The first kappa shape index (κ1) is 10.1. The monoisotopic (exact) mass is 226 g/mol. The van der Waals surface area contributed by atoms with Crippen LogP contribution in [0, 0.1) is 5.92 Å². The zero-order valence-corrected chi connectivity index (χ0v) is 8.97. The second kappa shape index (κ2) is 3.62. The Balaban J connectivity index is 2.20. The summed E-state index contributed by atoms with van der Waals surface area (Å²) in [5.41, 5.74) is 6.10. The highest BCUT2D eigenvalue weighted by atomic mass is 32.1. The van der Waals surface area contributed by atoms with Crippen LogP contribution in [0.4, 0.5) is 5.13 Å². The molecule has 1 unspecified atom stereocenters. The average molecular weight is 226 g/mol. The van der Waals surface area contributed by atoms with Crippen molar-refractivity contribution in [3.05, 3.63) is 10.6 Å². The maximum atomic E-state index is 11.7. The lowest BCUT2D eigenvalue weighted by Gasteiger charge is -2.06. The van der Waals surface area contributed by atoms with E-state index < -0.39 is 11.9 Å². The topological polar surface area (TPSA) is 82.3 Å². The SMILES string of the molecule is CCOC(=O)C1Cc2nc(N)sc2C1=O. The maximum absolute atomic E-state index is 11.7. The fourth-order valence-corrected chi connectivity index (χ4v) is 2.43. The smallest absolute Gasteiger partial charge is 0.317 e. The van der Waals surface area contributed by atoms with Crippen molar-refractivity contribution in [2.45, 2.75) is 13.3 Å². The summed E-state index contributed by atoms with van der Waals surface area (Å²) in [5, 5.41) is 0.371. The van der Waals surface area contributed by atoms with Crippen LogP contribution < -0.4 is 5.73 Å². The van der Waals surface area contributed by atoms with Crippen LogP contribution in [-0.4, -0.2) is 23.3 Å². The number of nitrogens with two attached hydrogens (primary N) is 1. The van der Waals surface area contributed by atoms with Crippen molar-refractivity contribution in [3.8, 4) is 0 Å². The average Bonchev–Trinajstić information content (AvgIpc) is 2.66. The van der Waals surface area contributed by atoms with Gasteiger partial charge in [0, 0.05) is 6.42 Å². The third-order valence-electron chi connectivity index (χ3n) is 2.22. The van der Waals surface area contributed by atoms with Crippen LogP contribution in [-0.2, 0) is 16.0 Å². The third-order valence-corrected chi connectivity index (χ3v) is 3.16. The minimum Gasteiger partial charge on any atom is -0.465 e. The molecule has 0 fully saturated rings. The van der Waals surface area contributed by atoms with Gasteiger partial charge in [0.15, 0.2) is 10.9 Å². The lowest BCUT2D eigenvalue weighted by atomic mass is 10.1. The molecule has 1 aliphatic rings. The summed E-state index contributed by atoms with van der Waals surface area (Å²) in [5.74, 6) is -1.39. The fourth-order valence-electron chi connectivity index (χ4n) is 1.58. The zero-order chi connectivity index (χ0) is 11.0. The lowest BCUT2D eigenvalue weighted by Crippen LogP contribution is -2.23. The second-order valence-corrected chi connectivity index (χ2v) is 4.23. The first-order chi connectivity index (χ1) is 7.13. The van der Waals surface area contributed by atoms with Crippen molar-refractivity contribution in [2.24, 2.45) is 5.92 Å². The van der Waals surface area contributed by atoms with E-state index >= 15 is 0 Å². The molecule has 2 rings (SSSR count). The number of hydrogen-bond acceptors (Lipinski definition) is 6. The molecule has 0 aliphatic heterocycles. The summed E-state index contributed by atoms with van der Waals surface area (Å²) in [4.78, 5) is 27.7. The number of hydrogen-bond donors (Lipinski definition) is 1. The van der Waals surface area contributed by atoms with Crippen LogP contribution in [0.3, 0.4) is 0 Å². The molecule has 80 valence electrons. The molecule has 1 aliphatic carbocycles. The van der Waals surface area contributed by atoms with Crippen molar-refractivity contribution in [1.29, 1.82) is 0 Å². The number of carbonyl (C=O) groups is 2. The van der Waals surface area contributed by atoms with Gasteiger partial charge in [-0.25, -0.2) is 4.98 Å². The van der Waals surface area contributed by atoms with Crippen molar-refractivity contribution < 1.29 is 14.3 Å². The Bertz CT molecular complexity index is 427. The molecule has 0 bridgehead atoms. The predicted molar refractivity (Wildman–Crippen MR) is 54.7 cm³/mol. The van der Waals surface area contributed by atoms with E-state index in [-0.39, 0.29) is 12.4 Å². The zero-order valence-electron chi connectivity index (χ0n) is 8.15. The number of ketones is 1. The van der Waals surface area contributed by atoms with Crippen LogP contribution in [0.1, 0.15) is 22.3 Å². The van der Waals surface area contributed by atoms with Gasteiger partial charge in [-0.05, 0) is 6.92 Å². The highest BCUT2D eigenvalue weighted by Crippen LogP contribution is 2.32. The molecular formula is C9H10N2O3S. The molecular weight excluding hydrogens is 216 g/mol. The Morgan fingerprint density at radius 2 is 2.47 bits per heavy atom. The van der Waals surface area contributed by atoms with E-state index in [0.29, 0.717) is 22.1 Å². The Kier molecular flexibility index (Phi) is 2.44. The number of rotatable bonds is 2. The molecule has 0 saturated carbocycles. The van der Waals surface area contributed by atoms with E-state index in [4.69, 9.17) is 10.5 Å². The number of fused-ring (bicyclic) bond motifs is 1. The van der Waals surface area contributed by atoms with E-state index in [1.54, 1.807) is 6.92 Å². The molecule has 6 heteroatoms. The maximum Gasteiger partial charge on any atom is 0.317 e. The molecule has 0 amide bonds. The minimum atomic E-state index is -0.709. The van der Waals surface area contributed by atoms with Crippen molar-refractivity contribution >= 4 is 28.2 Å². The number of Topliss-reactive ketones (excluding diaryl/α,β-unsaturated/α-hetero) is 1. The van der Waals surface area contributed by atoms with Gasteiger partial charge in [-0.2, -0.15) is 0 Å². The molecule has 0 saturated heterocycles.